The number of nitrogens with one attached hydrogen (secondary N) is 2. The Morgan fingerprint density at radius 3 is 2.51 bits per heavy atom. The summed E-state index contributed by atoms with van der Waals surface area (Å²) in [5.74, 6) is -0.319. The largest absolute Gasteiger partial charge is 0.465 e. The molecule has 0 amide bonds. The number of fused-ring (bicyclic) bond motifs is 1. The first-order valence-corrected chi connectivity index (χ1v) is 12.8. The fraction of sp³-hybridized carbons (Fsp3) is 0.276. The van der Waals surface area contributed by atoms with Crippen LogP contribution in [0.5, 0.6) is 0 Å². The number of esters is 1. The van der Waals surface area contributed by atoms with E-state index < -0.39 is 0 Å². The van der Waals surface area contributed by atoms with Gasteiger partial charge in [-0.15, -0.1) is 0 Å². The second kappa shape index (κ2) is 10.4. The number of aryl methyl sites for hydroxylation is 1. The Morgan fingerprint density at radius 1 is 1.00 bits per heavy atom. The van der Waals surface area contributed by atoms with Crippen LogP contribution in [-0.2, 0) is 11.2 Å². The van der Waals surface area contributed by atoms with E-state index in [9.17, 15) is 4.79 Å². The zero-order valence-corrected chi connectivity index (χ0v) is 21.2. The van der Waals surface area contributed by atoms with Crippen LogP contribution in [0.2, 0.25) is 10.0 Å². The van der Waals surface area contributed by atoms with Crippen molar-refractivity contribution >= 4 is 46.0 Å². The molecule has 1 heterocycles. The van der Waals surface area contributed by atoms with Gasteiger partial charge in [-0.1, -0.05) is 47.5 Å². The lowest BCUT2D eigenvalue weighted by atomic mass is 9.87. The second-order valence-electron chi connectivity index (χ2n) is 9.11. The predicted octanol–water partition coefficient (Wildman–Crippen LogP) is 6.85. The SMILES string of the molecule is COC(=O)c1ccc2c(c1)CCCC(c1ccc(Cl)cc1Cl)=C2c1ccc(N[C@@H]2CCNC2)cc1. The molecule has 1 aliphatic carbocycles. The molecule has 0 bridgehead atoms. The highest BCUT2D eigenvalue weighted by Gasteiger charge is 2.23. The molecule has 0 saturated carbocycles. The minimum absolute atomic E-state index is 0.319. The van der Waals surface area contributed by atoms with Gasteiger partial charge in [0.1, 0.15) is 0 Å². The summed E-state index contributed by atoms with van der Waals surface area (Å²) >= 11 is 12.9. The van der Waals surface area contributed by atoms with Crippen molar-refractivity contribution in [1.82, 2.24) is 5.32 Å². The average molecular weight is 507 g/mol. The number of allylic oxidation sites excluding steroid dienone is 1. The van der Waals surface area contributed by atoms with E-state index in [2.05, 4.69) is 34.9 Å². The average Bonchev–Trinajstić information content (AvgIpc) is 3.30. The molecule has 5 rings (SSSR count). The van der Waals surface area contributed by atoms with Gasteiger partial charge in [-0.25, -0.2) is 4.79 Å². The molecule has 1 fully saturated rings. The molecule has 0 spiro atoms. The van der Waals surface area contributed by atoms with Crippen LogP contribution in [0.25, 0.3) is 11.1 Å². The second-order valence-corrected chi connectivity index (χ2v) is 9.95. The number of rotatable bonds is 5. The predicted molar refractivity (Wildman–Crippen MR) is 144 cm³/mol. The van der Waals surface area contributed by atoms with E-state index in [-0.39, 0.29) is 5.97 Å². The van der Waals surface area contributed by atoms with Gasteiger partial charge in [0, 0.05) is 28.3 Å². The lowest BCUT2D eigenvalue weighted by Crippen LogP contribution is -2.21. The maximum absolute atomic E-state index is 12.2. The molecule has 1 atom stereocenters. The number of anilines is 1. The Balaban J connectivity index is 1.63. The highest BCUT2D eigenvalue weighted by Crippen LogP contribution is 2.42. The van der Waals surface area contributed by atoms with E-state index in [1.165, 1.54) is 12.7 Å². The number of carbonyl (C=O) groups is 1. The molecule has 180 valence electrons. The van der Waals surface area contributed by atoms with Gasteiger partial charge in [0.15, 0.2) is 0 Å². The van der Waals surface area contributed by atoms with Crippen LogP contribution in [0.3, 0.4) is 0 Å². The third kappa shape index (κ3) is 5.11. The van der Waals surface area contributed by atoms with E-state index >= 15 is 0 Å². The van der Waals surface area contributed by atoms with Crippen molar-refractivity contribution in [3.05, 3.63) is 98.5 Å². The van der Waals surface area contributed by atoms with Crippen molar-refractivity contribution in [3.8, 4) is 0 Å². The van der Waals surface area contributed by atoms with Crippen LogP contribution in [0, 0.1) is 0 Å². The van der Waals surface area contributed by atoms with Crippen molar-refractivity contribution in [2.24, 2.45) is 0 Å². The van der Waals surface area contributed by atoms with Crippen LogP contribution in [0.1, 0.15) is 51.9 Å². The van der Waals surface area contributed by atoms with E-state index in [1.54, 1.807) is 6.07 Å². The van der Waals surface area contributed by atoms with E-state index in [0.29, 0.717) is 21.7 Å². The van der Waals surface area contributed by atoms with Gasteiger partial charge in [0.2, 0.25) is 0 Å². The summed E-state index contributed by atoms with van der Waals surface area (Å²) < 4.78 is 4.96. The number of methoxy groups -OCH3 is 1. The highest BCUT2D eigenvalue weighted by atomic mass is 35.5. The number of halogens is 2. The Labute approximate surface area is 216 Å². The molecule has 35 heavy (non-hydrogen) atoms. The Hall–Kier alpha value is -2.79. The molecule has 0 radical (unpaired) electrons. The number of ether oxygens (including phenoxy) is 1. The first-order valence-electron chi connectivity index (χ1n) is 12.0. The van der Waals surface area contributed by atoms with Gasteiger partial charge in [-0.3, -0.25) is 0 Å². The number of benzene rings is 3. The van der Waals surface area contributed by atoms with Crippen LogP contribution in [0.4, 0.5) is 5.69 Å². The maximum atomic E-state index is 12.2. The Bertz CT molecular complexity index is 1280. The summed E-state index contributed by atoms with van der Waals surface area (Å²) in [4.78, 5) is 12.2. The molecule has 2 aliphatic rings. The van der Waals surface area contributed by atoms with Gasteiger partial charge in [0.25, 0.3) is 0 Å². The minimum atomic E-state index is -0.319. The molecule has 4 nitrogen and oxygen atoms in total. The summed E-state index contributed by atoms with van der Waals surface area (Å²) in [7, 11) is 1.41. The summed E-state index contributed by atoms with van der Waals surface area (Å²) in [5.41, 5.74) is 8.40. The minimum Gasteiger partial charge on any atom is -0.465 e. The van der Waals surface area contributed by atoms with Crippen molar-refractivity contribution in [2.45, 2.75) is 31.7 Å². The molecule has 0 aromatic heterocycles. The normalized spacial score (nSPS) is 17.6. The molecule has 3 aromatic carbocycles. The molecular formula is C29H28Cl2N2O2. The van der Waals surface area contributed by atoms with E-state index in [1.807, 2.05) is 30.3 Å². The highest BCUT2D eigenvalue weighted by molar-refractivity contribution is 6.36. The third-order valence-electron chi connectivity index (χ3n) is 6.83. The zero-order valence-electron chi connectivity index (χ0n) is 19.7. The molecule has 3 aromatic rings. The van der Waals surface area contributed by atoms with E-state index in [4.69, 9.17) is 27.9 Å². The molecule has 0 unspecified atom stereocenters. The molecule has 1 aliphatic heterocycles. The van der Waals surface area contributed by atoms with Gasteiger partial charge in [-0.2, -0.15) is 0 Å². The van der Waals surface area contributed by atoms with Crippen LogP contribution < -0.4 is 10.6 Å². The number of carbonyl (C=O) groups excluding carboxylic acids is 1. The molecule has 6 heteroatoms. The third-order valence-corrected chi connectivity index (χ3v) is 7.38. The van der Waals surface area contributed by atoms with Crippen molar-refractivity contribution in [2.75, 3.05) is 25.5 Å². The topological polar surface area (TPSA) is 50.4 Å². The van der Waals surface area contributed by atoms with Gasteiger partial charge in [0.05, 0.1) is 12.7 Å². The van der Waals surface area contributed by atoms with Gasteiger partial charge < -0.3 is 15.4 Å². The fourth-order valence-electron chi connectivity index (χ4n) is 5.11. The summed E-state index contributed by atoms with van der Waals surface area (Å²) in [5, 5.41) is 8.28. The Morgan fingerprint density at radius 2 is 1.80 bits per heavy atom. The van der Waals surface area contributed by atoms with Crippen LogP contribution in [-0.4, -0.2) is 32.2 Å². The molecular weight excluding hydrogens is 479 g/mol. The van der Waals surface area contributed by atoms with E-state index in [0.717, 1.165) is 72.3 Å². The lowest BCUT2D eigenvalue weighted by molar-refractivity contribution is 0.0600. The summed E-state index contributed by atoms with van der Waals surface area (Å²) in [6.07, 6.45) is 3.81. The summed E-state index contributed by atoms with van der Waals surface area (Å²) in [6.45, 7) is 2.04. The van der Waals surface area contributed by atoms with Crippen LogP contribution in [0.15, 0.2) is 60.7 Å². The standard InChI is InChI=1S/C29H28Cl2N2O2/c1-35-29(34)20-7-11-24-19(15-20)3-2-4-26(25-12-8-21(30)16-27(25)31)28(24)18-5-9-22(10-6-18)33-23-13-14-32-17-23/h5-12,15-16,23,32-33H,2-4,13-14,17H2,1H3/t23-/m1/s1. The lowest BCUT2D eigenvalue weighted by Gasteiger charge is -2.19. The molecule has 1 saturated heterocycles. The fourth-order valence-corrected chi connectivity index (χ4v) is 5.63. The first kappa shape index (κ1) is 23.9. The van der Waals surface area contributed by atoms with Crippen molar-refractivity contribution < 1.29 is 9.53 Å². The van der Waals surface area contributed by atoms with Crippen molar-refractivity contribution in [1.29, 1.82) is 0 Å². The summed E-state index contributed by atoms with van der Waals surface area (Å²) in [6, 6.07) is 20.7. The van der Waals surface area contributed by atoms with Crippen LogP contribution >= 0.6 is 23.2 Å². The maximum Gasteiger partial charge on any atom is 0.337 e. The smallest absolute Gasteiger partial charge is 0.337 e. The molecule has 2 N–H and O–H groups in total. The number of hydrogen-bond donors (Lipinski definition) is 2. The number of hydrogen-bond acceptors (Lipinski definition) is 4. The monoisotopic (exact) mass is 506 g/mol. The first-order chi connectivity index (χ1) is 17.0. The van der Waals surface area contributed by atoms with Gasteiger partial charge in [-0.05, 0) is 102 Å². The zero-order chi connectivity index (χ0) is 24.4. The Kier molecular flexibility index (Phi) is 7.14. The van der Waals surface area contributed by atoms with Gasteiger partial charge >= 0.3 is 5.97 Å². The van der Waals surface area contributed by atoms with Crippen molar-refractivity contribution in [3.63, 3.8) is 0 Å². The quantitative estimate of drug-likeness (QED) is 0.371.